The number of likely N-dealkylation sites (tertiary alicyclic amines) is 1. The van der Waals surface area contributed by atoms with Gasteiger partial charge in [0.25, 0.3) is 5.91 Å². The van der Waals surface area contributed by atoms with E-state index in [0.717, 1.165) is 56.1 Å². The molecule has 1 saturated heterocycles. The first-order valence-electron chi connectivity index (χ1n) is 12.4. The first kappa shape index (κ1) is 24.0. The summed E-state index contributed by atoms with van der Waals surface area (Å²) in [6.07, 6.45) is 5.12. The van der Waals surface area contributed by atoms with Crippen LogP contribution in [0.15, 0.2) is 42.5 Å². The molecule has 0 unspecified atom stereocenters. The number of nitriles is 1. The fourth-order valence-corrected chi connectivity index (χ4v) is 5.16. The second-order valence-electron chi connectivity index (χ2n) is 9.62. The first-order chi connectivity index (χ1) is 16.5. The zero-order valence-electron chi connectivity index (χ0n) is 19.9. The van der Waals surface area contributed by atoms with Crippen molar-refractivity contribution >= 4 is 28.5 Å². The summed E-state index contributed by atoms with van der Waals surface area (Å²) >= 11 is 0. The highest BCUT2D eigenvalue weighted by atomic mass is 16.6. The van der Waals surface area contributed by atoms with Gasteiger partial charge in [0.05, 0.1) is 6.07 Å². The highest BCUT2D eigenvalue weighted by molar-refractivity contribution is 5.94. The Hall–Kier alpha value is -3.11. The summed E-state index contributed by atoms with van der Waals surface area (Å²) in [5.74, 6) is -0.341. The van der Waals surface area contributed by atoms with Gasteiger partial charge in [-0.3, -0.25) is 10.1 Å². The number of carbonyl (C=O) groups excluding carboxylic acids is 2. The lowest BCUT2D eigenvalue weighted by atomic mass is 9.81. The van der Waals surface area contributed by atoms with E-state index < -0.39 is 17.2 Å². The van der Waals surface area contributed by atoms with Crippen LogP contribution in [0.3, 0.4) is 0 Å². The predicted molar refractivity (Wildman–Crippen MR) is 132 cm³/mol. The van der Waals surface area contributed by atoms with Crippen LogP contribution in [0.5, 0.6) is 0 Å². The Bertz CT molecular complexity index is 1060. The van der Waals surface area contributed by atoms with Gasteiger partial charge in [0, 0.05) is 18.8 Å². The van der Waals surface area contributed by atoms with Gasteiger partial charge in [-0.2, -0.15) is 5.26 Å². The lowest BCUT2D eigenvalue weighted by molar-refractivity contribution is -0.145. The highest BCUT2D eigenvalue weighted by Crippen LogP contribution is 2.34. The van der Waals surface area contributed by atoms with E-state index in [1.54, 1.807) is 0 Å². The largest absolute Gasteiger partial charge is 0.433 e. The molecule has 2 amide bonds. The van der Waals surface area contributed by atoms with Gasteiger partial charge in [-0.25, -0.2) is 4.79 Å². The van der Waals surface area contributed by atoms with Crippen molar-refractivity contribution < 1.29 is 14.3 Å². The molecule has 0 spiro atoms. The predicted octanol–water partition coefficient (Wildman–Crippen LogP) is 4.98. The number of nitrogens with zero attached hydrogens (tertiary/aromatic N) is 2. The number of hydrogen-bond donors (Lipinski definition) is 2. The lowest BCUT2D eigenvalue weighted by Crippen LogP contribution is -2.61. The van der Waals surface area contributed by atoms with Gasteiger partial charge in [-0.1, -0.05) is 43.7 Å². The summed E-state index contributed by atoms with van der Waals surface area (Å²) < 4.78 is 5.87. The van der Waals surface area contributed by atoms with Crippen LogP contribution in [0.1, 0.15) is 58.3 Å². The summed E-state index contributed by atoms with van der Waals surface area (Å²) in [6.45, 7) is 4.69. The van der Waals surface area contributed by atoms with E-state index in [-0.39, 0.29) is 5.91 Å². The Kier molecular flexibility index (Phi) is 7.38. The molecule has 0 aromatic heterocycles. The van der Waals surface area contributed by atoms with E-state index in [1.165, 1.54) is 0 Å². The van der Waals surface area contributed by atoms with Crippen LogP contribution in [0.2, 0.25) is 0 Å². The molecule has 1 saturated carbocycles. The molecule has 4 rings (SSSR count). The van der Waals surface area contributed by atoms with E-state index in [2.05, 4.69) is 28.5 Å². The van der Waals surface area contributed by atoms with Crippen molar-refractivity contribution in [2.75, 3.05) is 25.0 Å². The minimum atomic E-state index is -1.25. The zero-order valence-corrected chi connectivity index (χ0v) is 19.9. The molecule has 0 radical (unpaired) electrons. The highest BCUT2D eigenvalue weighted by Gasteiger charge is 2.47. The topological polar surface area (TPSA) is 94.5 Å². The molecule has 2 aromatic rings. The molecule has 34 heavy (non-hydrogen) atoms. The number of benzene rings is 2. The standard InChI is InChI=1S/C27H34N4O3/c1-2-16-31-17-14-26(20-28,15-18-31)30-24(32)27(12-6-3-7-13-27)34-25(33)29-23-11-10-21-8-4-5-9-22(21)19-23/h4-5,8-11,19H,2-3,6-7,12-18H2,1H3,(H,29,33)(H,30,32). The van der Waals surface area contributed by atoms with Gasteiger partial charge in [-0.05, 0) is 74.4 Å². The van der Waals surface area contributed by atoms with Gasteiger partial charge in [0.1, 0.15) is 5.54 Å². The monoisotopic (exact) mass is 462 g/mol. The minimum absolute atomic E-state index is 0.341. The first-order valence-corrected chi connectivity index (χ1v) is 12.4. The number of rotatable bonds is 6. The van der Waals surface area contributed by atoms with E-state index in [0.29, 0.717) is 31.4 Å². The fourth-order valence-electron chi connectivity index (χ4n) is 5.16. The van der Waals surface area contributed by atoms with Crippen molar-refractivity contribution in [1.82, 2.24) is 10.2 Å². The summed E-state index contributed by atoms with van der Waals surface area (Å²) in [5.41, 5.74) is -1.54. The second-order valence-corrected chi connectivity index (χ2v) is 9.62. The van der Waals surface area contributed by atoms with Crippen LogP contribution < -0.4 is 10.6 Å². The third kappa shape index (κ3) is 5.34. The van der Waals surface area contributed by atoms with Crippen molar-refractivity contribution in [3.8, 4) is 6.07 Å². The minimum Gasteiger partial charge on any atom is -0.433 e. The molecule has 1 aliphatic carbocycles. The molecule has 0 atom stereocenters. The van der Waals surface area contributed by atoms with Crippen LogP contribution in [-0.2, 0) is 9.53 Å². The number of piperidine rings is 1. The number of anilines is 1. The van der Waals surface area contributed by atoms with Crippen LogP contribution in [0.4, 0.5) is 10.5 Å². The summed E-state index contributed by atoms with van der Waals surface area (Å²) in [4.78, 5) is 28.8. The van der Waals surface area contributed by atoms with E-state index in [1.807, 2.05) is 42.5 Å². The average Bonchev–Trinajstić information content (AvgIpc) is 2.86. The molecule has 1 aliphatic heterocycles. The van der Waals surface area contributed by atoms with E-state index >= 15 is 0 Å². The molecular formula is C27H34N4O3. The number of ether oxygens (including phenoxy) is 1. The van der Waals surface area contributed by atoms with Gasteiger partial charge in [-0.15, -0.1) is 0 Å². The van der Waals surface area contributed by atoms with Crippen molar-refractivity contribution in [3.63, 3.8) is 0 Å². The number of amides is 2. The third-order valence-corrected chi connectivity index (χ3v) is 7.18. The maximum atomic E-state index is 13.5. The van der Waals surface area contributed by atoms with Gasteiger partial charge >= 0.3 is 6.09 Å². The molecule has 7 nitrogen and oxygen atoms in total. The summed E-state index contributed by atoms with van der Waals surface area (Å²) in [6, 6.07) is 15.9. The Labute approximate surface area is 201 Å². The number of carbonyl (C=O) groups is 2. The van der Waals surface area contributed by atoms with Gasteiger partial charge < -0.3 is 15.0 Å². The second kappa shape index (κ2) is 10.4. The van der Waals surface area contributed by atoms with E-state index in [4.69, 9.17) is 4.74 Å². The maximum Gasteiger partial charge on any atom is 0.412 e. The Morgan fingerprint density at radius 1 is 1.03 bits per heavy atom. The summed E-state index contributed by atoms with van der Waals surface area (Å²) in [7, 11) is 0. The quantitative estimate of drug-likeness (QED) is 0.632. The maximum absolute atomic E-state index is 13.5. The normalized spacial score (nSPS) is 19.6. The average molecular weight is 463 g/mol. The molecular weight excluding hydrogens is 428 g/mol. The number of hydrogen-bond acceptors (Lipinski definition) is 5. The van der Waals surface area contributed by atoms with Crippen LogP contribution >= 0.6 is 0 Å². The molecule has 2 fully saturated rings. The fraction of sp³-hybridized carbons (Fsp3) is 0.519. The third-order valence-electron chi connectivity index (χ3n) is 7.18. The number of nitrogens with one attached hydrogen (secondary N) is 2. The van der Waals surface area contributed by atoms with Gasteiger partial charge in [0.15, 0.2) is 5.60 Å². The zero-order chi connectivity index (χ0) is 24.0. The van der Waals surface area contributed by atoms with Crippen molar-refractivity contribution in [2.24, 2.45) is 0 Å². The Morgan fingerprint density at radius 2 is 1.74 bits per heavy atom. The van der Waals surface area contributed by atoms with Gasteiger partial charge in [0.2, 0.25) is 0 Å². The Morgan fingerprint density at radius 3 is 2.41 bits per heavy atom. The van der Waals surface area contributed by atoms with Crippen molar-refractivity contribution in [2.45, 2.75) is 69.4 Å². The molecule has 180 valence electrons. The Balaban J connectivity index is 1.45. The molecule has 0 bridgehead atoms. The van der Waals surface area contributed by atoms with Crippen LogP contribution in [0.25, 0.3) is 10.8 Å². The molecule has 2 N–H and O–H groups in total. The van der Waals surface area contributed by atoms with Crippen LogP contribution in [0, 0.1) is 11.3 Å². The SMILES string of the molecule is CCCN1CCC(C#N)(NC(=O)C2(OC(=O)Nc3ccc4ccccc4c3)CCCCC2)CC1. The molecule has 1 heterocycles. The molecule has 2 aromatic carbocycles. The summed E-state index contributed by atoms with van der Waals surface area (Å²) in [5, 5.41) is 17.9. The number of fused-ring (bicyclic) bond motifs is 1. The molecule has 2 aliphatic rings. The lowest BCUT2D eigenvalue weighted by Gasteiger charge is -2.41. The van der Waals surface area contributed by atoms with E-state index in [9.17, 15) is 14.9 Å². The molecule has 7 heteroatoms. The van der Waals surface area contributed by atoms with Crippen molar-refractivity contribution in [3.05, 3.63) is 42.5 Å². The van der Waals surface area contributed by atoms with Crippen molar-refractivity contribution in [1.29, 1.82) is 5.26 Å². The smallest absolute Gasteiger partial charge is 0.412 e. The van der Waals surface area contributed by atoms with Crippen LogP contribution in [-0.4, -0.2) is 47.7 Å².